The molecule has 0 aromatic heterocycles. The molecular formula is C14H18O3S. The van der Waals surface area contributed by atoms with Crippen molar-refractivity contribution in [2.45, 2.75) is 43.3 Å². The Labute approximate surface area is 112 Å². The lowest BCUT2D eigenvalue weighted by Crippen LogP contribution is -2.21. The molecule has 1 heterocycles. The maximum Gasteiger partial charge on any atom is 0.335 e. The highest BCUT2D eigenvalue weighted by molar-refractivity contribution is 7.99. The molecule has 0 saturated carbocycles. The van der Waals surface area contributed by atoms with Gasteiger partial charge in [-0.3, -0.25) is 0 Å². The summed E-state index contributed by atoms with van der Waals surface area (Å²) < 4.78 is 5.91. The maximum absolute atomic E-state index is 10.9. The molecule has 0 amide bonds. The Morgan fingerprint density at radius 2 is 2.33 bits per heavy atom. The summed E-state index contributed by atoms with van der Waals surface area (Å²) in [5, 5.41) is 8.92. The van der Waals surface area contributed by atoms with E-state index in [1.54, 1.807) is 30.0 Å². The van der Waals surface area contributed by atoms with Gasteiger partial charge in [0.2, 0.25) is 0 Å². The quantitative estimate of drug-likeness (QED) is 0.848. The molecule has 1 N–H and O–H groups in total. The lowest BCUT2D eigenvalue weighted by molar-refractivity contribution is -0.00466. The van der Waals surface area contributed by atoms with Crippen LogP contribution in [0.2, 0.25) is 0 Å². The highest BCUT2D eigenvalue weighted by Crippen LogP contribution is 2.32. The molecule has 1 aromatic rings. The number of carboxylic acid groups (broad SMARTS) is 1. The Hall–Kier alpha value is -1.00. The minimum absolute atomic E-state index is 0.00581. The predicted molar refractivity (Wildman–Crippen MR) is 72.3 cm³/mol. The van der Waals surface area contributed by atoms with Crippen LogP contribution in [0.25, 0.3) is 0 Å². The molecule has 0 bridgehead atoms. The minimum Gasteiger partial charge on any atom is -0.478 e. The van der Waals surface area contributed by atoms with Gasteiger partial charge >= 0.3 is 5.97 Å². The number of hydrogen-bond acceptors (Lipinski definition) is 3. The molecule has 1 aliphatic heterocycles. The van der Waals surface area contributed by atoms with Gasteiger partial charge in [-0.1, -0.05) is 6.07 Å². The molecule has 18 heavy (non-hydrogen) atoms. The fraction of sp³-hybridized carbons (Fsp3) is 0.500. The van der Waals surface area contributed by atoms with E-state index in [2.05, 4.69) is 13.8 Å². The van der Waals surface area contributed by atoms with Gasteiger partial charge in [0, 0.05) is 10.6 Å². The van der Waals surface area contributed by atoms with Crippen molar-refractivity contribution < 1.29 is 14.6 Å². The predicted octanol–water partition coefficient (Wildman–Crippen LogP) is 3.43. The number of hydrogen-bond donors (Lipinski definition) is 1. The van der Waals surface area contributed by atoms with Crippen molar-refractivity contribution in [3.63, 3.8) is 0 Å². The van der Waals surface area contributed by atoms with Crippen LogP contribution in [-0.2, 0) is 4.74 Å². The van der Waals surface area contributed by atoms with E-state index >= 15 is 0 Å². The van der Waals surface area contributed by atoms with Crippen molar-refractivity contribution in [2.75, 3.05) is 5.75 Å². The second-order valence-corrected chi connectivity index (χ2v) is 6.28. The van der Waals surface area contributed by atoms with Gasteiger partial charge in [-0.05, 0) is 44.9 Å². The van der Waals surface area contributed by atoms with Crippen LogP contribution in [0.4, 0.5) is 0 Å². The van der Waals surface area contributed by atoms with E-state index in [0.717, 1.165) is 23.5 Å². The molecule has 0 radical (unpaired) electrons. The Morgan fingerprint density at radius 3 is 2.94 bits per heavy atom. The van der Waals surface area contributed by atoms with Crippen LogP contribution >= 0.6 is 11.8 Å². The second kappa shape index (κ2) is 5.33. The number of benzene rings is 1. The average molecular weight is 266 g/mol. The van der Waals surface area contributed by atoms with E-state index in [-0.39, 0.29) is 11.7 Å². The number of carbonyl (C=O) groups is 1. The summed E-state index contributed by atoms with van der Waals surface area (Å²) in [5.41, 5.74) is 0.335. The Bertz CT molecular complexity index is 442. The molecule has 2 rings (SSSR count). The fourth-order valence-electron chi connectivity index (χ4n) is 2.10. The van der Waals surface area contributed by atoms with Gasteiger partial charge in [-0.15, -0.1) is 11.8 Å². The first kappa shape index (κ1) is 13.4. The zero-order valence-electron chi connectivity index (χ0n) is 10.7. The zero-order valence-corrected chi connectivity index (χ0v) is 11.5. The summed E-state index contributed by atoms with van der Waals surface area (Å²) in [7, 11) is 0. The fourth-order valence-corrected chi connectivity index (χ4v) is 3.10. The van der Waals surface area contributed by atoms with E-state index in [1.165, 1.54) is 0 Å². The molecule has 1 fully saturated rings. The third kappa shape index (κ3) is 3.50. The SMILES string of the molecule is CC1(C)CCC(CSc2cccc(C(=O)O)c2)O1. The van der Waals surface area contributed by atoms with Crippen molar-refractivity contribution in [1.29, 1.82) is 0 Å². The lowest BCUT2D eigenvalue weighted by atomic mass is 10.1. The van der Waals surface area contributed by atoms with Crippen LogP contribution in [0.15, 0.2) is 29.2 Å². The van der Waals surface area contributed by atoms with E-state index in [1.807, 2.05) is 6.07 Å². The van der Waals surface area contributed by atoms with Crippen molar-refractivity contribution in [3.05, 3.63) is 29.8 Å². The Morgan fingerprint density at radius 1 is 1.56 bits per heavy atom. The van der Waals surface area contributed by atoms with E-state index < -0.39 is 5.97 Å². The lowest BCUT2D eigenvalue weighted by Gasteiger charge is -2.19. The molecular weight excluding hydrogens is 248 g/mol. The average Bonchev–Trinajstić information content (AvgIpc) is 2.67. The van der Waals surface area contributed by atoms with Crippen LogP contribution in [0.5, 0.6) is 0 Å². The molecule has 1 unspecified atom stereocenters. The van der Waals surface area contributed by atoms with Crippen molar-refractivity contribution >= 4 is 17.7 Å². The molecule has 0 aliphatic carbocycles. The largest absolute Gasteiger partial charge is 0.478 e. The van der Waals surface area contributed by atoms with E-state index in [0.29, 0.717) is 5.56 Å². The molecule has 0 spiro atoms. The molecule has 4 heteroatoms. The topological polar surface area (TPSA) is 46.5 Å². The Kier molecular flexibility index (Phi) is 3.97. The van der Waals surface area contributed by atoms with Gasteiger partial charge < -0.3 is 9.84 Å². The van der Waals surface area contributed by atoms with Crippen molar-refractivity contribution in [3.8, 4) is 0 Å². The zero-order chi connectivity index (χ0) is 13.2. The molecule has 1 aliphatic rings. The van der Waals surface area contributed by atoms with Gasteiger partial charge in [0.25, 0.3) is 0 Å². The smallest absolute Gasteiger partial charge is 0.335 e. The third-order valence-corrected chi connectivity index (χ3v) is 4.20. The summed E-state index contributed by atoms with van der Waals surface area (Å²) >= 11 is 1.66. The summed E-state index contributed by atoms with van der Waals surface area (Å²) in [6.07, 6.45) is 2.45. The second-order valence-electron chi connectivity index (χ2n) is 5.18. The van der Waals surface area contributed by atoms with Crippen LogP contribution in [0.1, 0.15) is 37.0 Å². The van der Waals surface area contributed by atoms with Gasteiger partial charge in [-0.2, -0.15) is 0 Å². The summed E-state index contributed by atoms with van der Waals surface area (Å²) in [6, 6.07) is 7.05. The molecule has 1 atom stereocenters. The van der Waals surface area contributed by atoms with Crippen LogP contribution in [-0.4, -0.2) is 28.5 Å². The van der Waals surface area contributed by atoms with Gasteiger partial charge in [0.05, 0.1) is 17.3 Å². The highest BCUT2D eigenvalue weighted by Gasteiger charge is 2.31. The van der Waals surface area contributed by atoms with E-state index in [4.69, 9.17) is 9.84 Å². The first-order chi connectivity index (χ1) is 8.46. The van der Waals surface area contributed by atoms with Gasteiger partial charge in [0.1, 0.15) is 0 Å². The molecule has 98 valence electrons. The molecule has 1 aromatic carbocycles. The van der Waals surface area contributed by atoms with Crippen LogP contribution in [0.3, 0.4) is 0 Å². The first-order valence-electron chi connectivity index (χ1n) is 6.10. The van der Waals surface area contributed by atoms with Gasteiger partial charge in [0.15, 0.2) is 0 Å². The number of carboxylic acids is 1. The minimum atomic E-state index is -0.879. The molecule has 3 nitrogen and oxygen atoms in total. The van der Waals surface area contributed by atoms with E-state index in [9.17, 15) is 4.79 Å². The standard InChI is InChI=1S/C14H18O3S/c1-14(2)7-6-11(17-14)9-18-12-5-3-4-10(8-12)13(15)16/h3-5,8,11H,6-7,9H2,1-2H3,(H,15,16). The number of thioether (sulfide) groups is 1. The summed E-state index contributed by atoms with van der Waals surface area (Å²) in [5.74, 6) is 0.00247. The number of rotatable bonds is 4. The van der Waals surface area contributed by atoms with Crippen molar-refractivity contribution in [2.24, 2.45) is 0 Å². The Balaban J connectivity index is 1.91. The highest BCUT2D eigenvalue weighted by atomic mass is 32.2. The van der Waals surface area contributed by atoms with Crippen LogP contribution < -0.4 is 0 Å². The first-order valence-corrected chi connectivity index (χ1v) is 7.09. The van der Waals surface area contributed by atoms with Crippen molar-refractivity contribution in [1.82, 2.24) is 0 Å². The van der Waals surface area contributed by atoms with Crippen LogP contribution in [0, 0.1) is 0 Å². The summed E-state index contributed by atoms with van der Waals surface area (Å²) in [6.45, 7) is 4.23. The monoisotopic (exact) mass is 266 g/mol. The number of ether oxygens (including phenoxy) is 1. The number of aromatic carboxylic acids is 1. The summed E-state index contributed by atoms with van der Waals surface area (Å²) in [4.78, 5) is 11.9. The van der Waals surface area contributed by atoms with Gasteiger partial charge in [-0.25, -0.2) is 4.79 Å². The molecule has 1 saturated heterocycles. The normalized spacial score (nSPS) is 22.0. The maximum atomic E-state index is 10.9. The third-order valence-electron chi connectivity index (χ3n) is 3.07.